The molecular formula is C29H27N5O2S2. The summed E-state index contributed by atoms with van der Waals surface area (Å²) in [4.78, 5) is 29.9. The molecule has 0 aliphatic carbocycles. The van der Waals surface area contributed by atoms with E-state index in [2.05, 4.69) is 21.8 Å². The highest BCUT2D eigenvalue weighted by atomic mass is 32.2. The summed E-state index contributed by atoms with van der Waals surface area (Å²) < 4.78 is 7.43. The van der Waals surface area contributed by atoms with Crippen molar-refractivity contribution in [2.24, 2.45) is 10.9 Å². The number of carbonyl (C=O) groups is 1. The van der Waals surface area contributed by atoms with Gasteiger partial charge in [-0.2, -0.15) is 0 Å². The van der Waals surface area contributed by atoms with E-state index in [0.29, 0.717) is 23.9 Å². The topological polar surface area (TPSA) is 79.7 Å². The first kappa shape index (κ1) is 24.6. The summed E-state index contributed by atoms with van der Waals surface area (Å²) in [6.45, 7) is 3.23. The highest BCUT2D eigenvalue weighted by Gasteiger charge is 2.27. The first-order chi connectivity index (χ1) is 18.6. The van der Waals surface area contributed by atoms with Crippen molar-refractivity contribution in [2.45, 2.75) is 36.0 Å². The minimum Gasteiger partial charge on any atom is -0.453 e. The number of hydrogen-bond acceptors (Lipinski definition) is 7. The van der Waals surface area contributed by atoms with Crippen molar-refractivity contribution in [1.82, 2.24) is 20.2 Å². The lowest BCUT2D eigenvalue weighted by molar-refractivity contribution is -0.130. The Morgan fingerprint density at radius 2 is 2.11 bits per heavy atom. The average molecular weight is 542 g/mol. The molecular weight excluding hydrogens is 514 g/mol. The fourth-order valence-electron chi connectivity index (χ4n) is 4.77. The Kier molecular flexibility index (Phi) is 7.11. The number of pyridine rings is 2. The van der Waals surface area contributed by atoms with Crippen LogP contribution in [0.1, 0.15) is 26.2 Å². The molecule has 1 N–H and O–H groups in total. The summed E-state index contributed by atoms with van der Waals surface area (Å²) in [5.41, 5.74) is 2.14. The summed E-state index contributed by atoms with van der Waals surface area (Å²) in [7, 11) is 0. The van der Waals surface area contributed by atoms with Crippen molar-refractivity contribution in [1.29, 1.82) is 0 Å². The van der Waals surface area contributed by atoms with Crippen LogP contribution < -0.4 is 10.1 Å². The quantitative estimate of drug-likeness (QED) is 0.289. The van der Waals surface area contributed by atoms with Crippen LogP contribution >= 0.6 is 23.1 Å². The molecule has 1 saturated heterocycles. The molecule has 1 atom stereocenters. The second-order valence-electron chi connectivity index (χ2n) is 9.31. The van der Waals surface area contributed by atoms with Crippen LogP contribution in [-0.2, 0) is 4.79 Å². The van der Waals surface area contributed by atoms with E-state index in [-0.39, 0.29) is 5.91 Å². The number of aliphatic imine (C=N–C) groups is 1. The summed E-state index contributed by atoms with van der Waals surface area (Å²) in [5.74, 6) is 3.13. The van der Waals surface area contributed by atoms with Gasteiger partial charge >= 0.3 is 0 Å². The van der Waals surface area contributed by atoms with Crippen LogP contribution in [0.25, 0.3) is 10.2 Å². The zero-order valence-electron chi connectivity index (χ0n) is 21.0. The van der Waals surface area contributed by atoms with Crippen molar-refractivity contribution in [3.05, 3.63) is 78.1 Å². The van der Waals surface area contributed by atoms with E-state index < -0.39 is 0 Å². The lowest BCUT2D eigenvalue weighted by atomic mass is 9.95. The number of hydrogen-bond donors (Lipinski definition) is 1. The van der Waals surface area contributed by atoms with Gasteiger partial charge in [-0.05, 0) is 42.5 Å². The molecule has 5 heterocycles. The maximum Gasteiger partial charge on any atom is 0.219 e. The Morgan fingerprint density at radius 3 is 2.97 bits per heavy atom. The molecule has 0 spiro atoms. The Bertz CT molecular complexity index is 1530. The Morgan fingerprint density at radius 1 is 1.21 bits per heavy atom. The van der Waals surface area contributed by atoms with Gasteiger partial charge in [0.15, 0.2) is 11.6 Å². The third-order valence-corrected chi connectivity index (χ3v) is 8.75. The monoisotopic (exact) mass is 541 g/mol. The fraction of sp³-hybridized carbons (Fsp3) is 0.241. The highest BCUT2D eigenvalue weighted by molar-refractivity contribution is 7.99. The van der Waals surface area contributed by atoms with E-state index in [0.717, 1.165) is 63.2 Å². The van der Waals surface area contributed by atoms with Crippen molar-refractivity contribution < 1.29 is 9.53 Å². The molecule has 1 amide bonds. The second kappa shape index (κ2) is 11.0. The zero-order valence-corrected chi connectivity index (χ0v) is 22.6. The van der Waals surface area contributed by atoms with Crippen LogP contribution in [0, 0.1) is 5.92 Å². The number of nitrogens with zero attached hydrogens (tertiary/aromatic N) is 4. The number of carbonyl (C=O) groups excluding carboxylic acids is 1. The molecule has 0 saturated carbocycles. The van der Waals surface area contributed by atoms with Gasteiger partial charge in [-0.3, -0.25) is 9.78 Å². The molecule has 1 aromatic carbocycles. The molecule has 1 fully saturated rings. The first-order valence-corrected chi connectivity index (χ1v) is 14.3. The lowest BCUT2D eigenvalue weighted by Gasteiger charge is -2.32. The number of para-hydroxylation sites is 1. The number of fused-ring (bicyclic) bond motifs is 1. The smallest absolute Gasteiger partial charge is 0.219 e. The number of amidine groups is 1. The summed E-state index contributed by atoms with van der Waals surface area (Å²) >= 11 is 3.33. The summed E-state index contributed by atoms with van der Waals surface area (Å²) in [6, 6.07) is 15.8. The molecule has 1 unspecified atom stereocenters. The number of ether oxygens (including phenoxy) is 1. The average Bonchev–Trinajstić information content (AvgIpc) is 3.61. The van der Waals surface area contributed by atoms with E-state index in [4.69, 9.17) is 14.7 Å². The molecule has 3 aromatic heterocycles. The maximum atomic E-state index is 11.9. The molecule has 0 bridgehead atoms. The lowest BCUT2D eigenvalue weighted by Crippen LogP contribution is -2.40. The van der Waals surface area contributed by atoms with Crippen LogP contribution in [-0.4, -0.2) is 39.7 Å². The minimum absolute atomic E-state index is 0.138. The second-order valence-corrected chi connectivity index (χ2v) is 11.3. The third-order valence-electron chi connectivity index (χ3n) is 6.67. The first-order valence-electron chi connectivity index (χ1n) is 12.7. The van der Waals surface area contributed by atoms with Gasteiger partial charge in [0.2, 0.25) is 5.91 Å². The molecule has 2 aliphatic rings. The SMILES string of the molecule is CC(=O)N1CCCC(C2=CCC(=Nc3ncc(Sc4ccnc5ccsc45)cc3Oc3ccccc3)N2)C1. The molecule has 0 radical (unpaired) electrons. The van der Waals surface area contributed by atoms with Gasteiger partial charge in [-0.25, -0.2) is 9.98 Å². The van der Waals surface area contributed by atoms with Gasteiger partial charge in [-0.1, -0.05) is 36.0 Å². The van der Waals surface area contributed by atoms with E-state index in [1.54, 1.807) is 30.0 Å². The Balaban J connectivity index is 1.25. The molecule has 192 valence electrons. The molecule has 6 rings (SSSR count). The number of piperidine rings is 1. The number of aromatic nitrogens is 2. The Labute approximate surface area is 229 Å². The van der Waals surface area contributed by atoms with Crippen LogP contribution in [0.5, 0.6) is 11.5 Å². The summed E-state index contributed by atoms with van der Waals surface area (Å²) in [6.07, 6.45) is 8.64. The van der Waals surface area contributed by atoms with Crippen LogP contribution in [0.15, 0.2) is 92.9 Å². The fourth-order valence-corrected chi connectivity index (χ4v) is 6.65. The molecule has 9 heteroatoms. The number of amides is 1. The largest absolute Gasteiger partial charge is 0.453 e. The Hall–Kier alpha value is -3.69. The predicted molar refractivity (Wildman–Crippen MR) is 152 cm³/mol. The molecule has 4 aromatic rings. The van der Waals surface area contributed by atoms with Gasteiger partial charge in [-0.15, -0.1) is 11.3 Å². The normalized spacial score (nSPS) is 18.4. The number of thiophene rings is 1. The standard InChI is InChI=1S/C29H27N5O2S2/c1-19(35)34-14-5-6-20(18-34)23-9-10-27(32-23)33-29-25(36-21-7-3-2-4-8-21)16-22(17-31-29)38-26-11-13-30-24-12-15-37-28(24)26/h2-4,7-9,11-13,15-17,20H,5-6,10,14,18H2,1H3,(H,31,32,33). The predicted octanol–water partition coefficient (Wildman–Crippen LogP) is 6.80. The van der Waals surface area contributed by atoms with Crippen LogP contribution in [0.2, 0.25) is 0 Å². The van der Waals surface area contributed by atoms with Gasteiger partial charge in [0, 0.05) is 66.3 Å². The van der Waals surface area contributed by atoms with Gasteiger partial charge in [0.1, 0.15) is 11.6 Å². The van der Waals surface area contributed by atoms with E-state index in [1.165, 1.54) is 0 Å². The third kappa shape index (κ3) is 5.44. The molecule has 2 aliphatic heterocycles. The van der Waals surface area contributed by atoms with Gasteiger partial charge < -0.3 is 15.0 Å². The molecule has 7 nitrogen and oxygen atoms in total. The number of rotatable bonds is 6. The zero-order chi connectivity index (χ0) is 25.9. The molecule has 38 heavy (non-hydrogen) atoms. The number of nitrogens with one attached hydrogen (secondary N) is 1. The van der Waals surface area contributed by atoms with Crippen molar-refractivity contribution >= 4 is 50.9 Å². The van der Waals surface area contributed by atoms with Crippen molar-refractivity contribution in [3.63, 3.8) is 0 Å². The number of likely N-dealkylation sites (tertiary alicyclic amines) is 1. The number of benzene rings is 1. The van der Waals surface area contributed by atoms with E-state index >= 15 is 0 Å². The van der Waals surface area contributed by atoms with Gasteiger partial charge in [0.25, 0.3) is 0 Å². The van der Waals surface area contributed by atoms with E-state index in [9.17, 15) is 4.79 Å². The minimum atomic E-state index is 0.138. The highest BCUT2D eigenvalue weighted by Crippen LogP contribution is 2.39. The maximum absolute atomic E-state index is 11.9. The van der Waals surface area contributed by atoms with Crippen molar-refractivity contribution in [2.75, 3.05) is 13.1 Å². The van der Waals surface area contributed by atoms with Crippen molar-refractivity contribution in [3.8, 4) is 11.5 Å². The van der Waals surface area contributed by atoms with E-state index in [1.807, 2.05) is 65.8 Å². The van der Waals surface area contributed by atoms with Crippen LogP contribution in [0.3, 0.4) is 0 Å². The van der Waals surface area contributed by atoms with Gasteiger partial charge in [0.05, 0.1) is 10.2 Å². The summed E-state index contributed by atoms with van der Waals surface area (Å²) in [5, 5.41) is 5.56. The van der Waals surface area contributed by atoms with Crippen LogP contribution in [0.4, 0.5) is 5.82 Å².